The zero-order chi connectivity index (χ0) is 22.3. The molecule has 0 aliphatic carbocycles. The normalized spacial score (nSPS) is 11.5. The van der Waals surface area contributed by atoms with Gasteiger partial charge in [-0.2, -0.15) is 0 Å². The van der Waals surface area contributed by atoms with Crippen LogP contribution >= 0.6 is 11.3 Å². The number of rotatable bonds is 4. The molecule has 6 nitrogen and oxygen atoms in total. The van der Waals surface area contributed by atoms with Gasteiger partial charge in [-0.25, -0.2) is 8.42 Å². The highest BCUT2D eigenvalue weighted by Gasteiger charge is 2.20. The predicted molar refractivity (Wildman–Crippen MR) is 123 cm³/mol. The predicted octanol–water partition coefficient (Wildman–Crippen LogP) is 5.22. The van der Waals surface area contributed by atoms with Gasteiger partial charge in [-0.05, 0) is 42.3 Å². The first-order valence-electron chi connectivity index (χ1n) is 9.28. The number of nitrogens with zero attached hydrogens (tertiary/aromatic N) is 1. The molecule has 3 aromatic carbocycles. The Balaban J connectivity index is 2.05. The Morgan fingerprint density at radius 3 is 2.23 bits per heavy atom. The molecule has 0 N–H and O–H groups in total. The van der Waals surface area contributed by atoms with E-state index in [9.17, 15) is 23.3 Å². The van der Waals surface area contributed by atoms with E-state index in [0.29, 0.717) is 32.5 Å². The van der Waals surface area contributed by atoms with Crippen LogP contribution in [0.2, 0.25) is 0 Å². The third kappa shape index (κ3) is 3.87. The molecular weight excluding hydrogens is 434 g/mol. The van der Waals surface area contributed by atoms with Crippen LogP contribution in [0.5, 0.6) is 0 Å². The SMILES string of the molecule is Cc1ccc(-c2c(-c3ccc(S(C)(=O)=O)cc3)sc3ccccc3c2=O)cc1[N+](=O)[O-]. The van der Waals surface area contributed by atoms with Crippen LogP contribution in [0.4, 0.5) is 5.69 Å². The zero-order valence-electron chi connectivity index (χ0n) is 16.7. The Bertz CT molecular complexity index is 1500. The van der Waals surface area contributed by atoms with Crippen LogP contribution in [0.25, 0.3) is 31.7 Å². The van der Waals surface area contributed by atoms with Crippen LogP contribution < -0.4 is 5.43 Å². The Morgan fingerprint density at radius 1 is 0.935 bits per heavy atom. The van der Waals surface area contributed by atoms with Gasteiger partial charge in [0.25, 0.3) is 5.69 Å². The molecule has 0 amide bonds. The van der Waals surface area contributed by atoms with E-state index in [4.69, 9.17) is 0 Å². The van der Waals surface area contributed by atoms with Crippen LogP contribution in [0.1, 0.15) is 5.56 Å². The van der Waals surface area contributed by atoms with Gasteiger partial charge in [-0.15, -0.1) is 11.3 Å². The average Bonchev–Trinajstić information content (AvgIpc) is 2.73. The molecule has 156 valence electrons. The summed E-state index contributed by atoms with van der Waals surface area (Å²) in [5, 5.41) is 12.0. The summed E-state index contributed by atoms with van der Waals surface area (Å²) < 4.78 is 24.4. The average molecular weight is 452 g/mol. The molecule has 0 unspecified atom stereocenters. The second-order valence-electron chi connectivity index (χ2n) is 7.19. The Morgan fingerprint density at radius 2 is 1.58 bits per heavy atom. The summed E-state index contributed by atoms with van der Waals surface area (Å²) in [6.07, 6.45) is 1.13. The van der Waals surface area contributed by atoms with Gasteiger partial charge in [0, 0.05) is 38.4 Å². The van der Waals surface area contributed by atoms with E-state index >= 15 is 0 Å². The number of benzene rings is 3. The van der Waals surface area contributed by atoms with E-state index in [1.807, 2.05) is 12.1 Å². The quantitative estimate of drug-likeness (QED) is 0.313. The first-order valence-corrected chi connectivity index (χ1v) is 12.0. The number of nitro groups is 1. The minimum atomic E-state index is -3.36. The number of sulfone groups is 1. The Hall–Kier alpha value is -3.36. The summed E-state index contributed by atoms with van der Waals surface area (Å²) >= 11 is 1.39. The maximum atomic E-state index is 13.5. The van der Waals surface area contributed by atoms with Gasteiger partial charge < -0.3 is 0 Å². The molecule has 0 aliphatic rings. The maximum Gasteiger partial charge on any atom is 0.272 e. The first kappa shape index (κ1) is 20.9. The van der Waals surface area contributed by atoms with E-state index in [-0.39, 0.29) is 16.0 Å². The van der Waals surface area contributed by atoms with E-state index in [1.54, 1.807) is 43.3 Å². The molecule has 1 heterocycles. The highest BCUT2D eigenvalue weighted by molar-refractivity contribution is 7.90. The number of nitro benzene ring substituents is 1. The monoisotopic (exact) mass is 451 g/mol. The number of hydrogen-bond acceptors (Lipinski definition) is 6. The molecule has 0 atom stereocenters. The van der Waals surface area contributed by atoms with Crippen molar-refractivity contribution in [3.05, 3.63) is 92.6 Å². The molecule has 0 bridgehead atoms. The van der Waals surface area contributed by atoms with Gasteiger partial charge >= 0.3 is 0 Å². The van der Waals surface area contributed by atoms with Crippen LogP contribution in [0.3, 0.4) is 0 Å². The number of fused-ring (bicyclic) bond motifs is 1. The van der Waals surface area contributed by atoms with Gasteiger partial charge in [0.05, 0.1) is 9.82 Å². The van der Waals surface area contributed by atoms with Crippen molar-refractivity contribution in [3.8, 4) is 21.6 Å². The van der Waals surface area contributed by atoms with Crippen LogP contribution in [-0.4, -0.2) is 19.6 Å². The molecule has 0 radical (unpaired) electrons. The zero-order valence-corrected chi connectivity index (χ0v) is 18.3. The molecule has 1 aromatic heterocycles. The van der Waals surface area contributed by atoms with E-state index in [0.717, 1.165) is 11.0 Å². The number of aryl methyl sites for hydroxylation is 1. The minimum Gasteiger partial charge on any atom is -0.288 e. The number of hydrogen-bond donors (Lipinski definition) is 0. The Kier molecular flexibility index (Phi) is 5.20. The fourth-order valence-corrected chi connectivity index (χ4v) is 5.26. The molecule has 0 saturated carbocycles. The maximum absolute atomic E-state index is 13.5. The molecule has 0 saturated heterocycles. The second kappa shape index (κ2) is 7.72. The summed E-state index contributed by atoms with van der Waals surface area (Å²) in [6.45, 7) is 1.65. The highest BCUT2D eigenvalue weighted by Crippen LogP contribution is 2.38. The van der Waals surface area contributed by atoms with Gasteiger partial charge in [0.1, 0.15) is 0 Å². The molecule has 8 heteroatoms. The second-order valence-corrected chi connectivity index (χ2v) is 10.3. The molecule has 0 spiro atoms. The summed E-state index contributed by atoms with van der Waals surface area (Å²) in [5.74, 6) is 0. The largest absolute Gasteiger partial charge is 0.288 e. The summed E-state index contributed by atoms with van der Waals surface area (Å²) in [4.78, 5) is 25.3. The lowest BCUT2D eigenvalue weighted by Gasteiger charge is -2.12. The van der Waals surface area contributed by atoms with Crippen molar-refractivity contribution < 1.29 is 13.3 Å². The van der Waals surface area contributed by atoms with Crippen LogP contribution in [0, 0.1) is 17.0 Å². The van der Waals surface area contributed by atoms with Crippen molar-refractivity contribution in [2.75, 3.05) is 6.26 Å². The lowest BCUT2D eigenvalue weighted by atomic mass is 9.98. The van der Waals surface area contributed by atoms with Crippen LogP contribution in [-0.2, 0) is 9.84 Å². The van der Waals surface area contributed by atoms with E-state index in [1.165, 1.54) is 29.5 Å². The molecule has 4 rings (SSSR count). The molecule has 31 heavy (non-hydrogen) atoms. The molecule has 0 aliphatic heterocycles. The van der Waals surface area contributed by atoms with Crippen molar-refractivity contribution in [2.24, 2.45) is 0 Å². The van der Waals surface area contributed by atoms with Crippen molar-refractivity contribution in [2.45, 2.75) is 11.8 Å². The minimum absolute atomic E-state index is 0.0616. The van der Waals surface area contributed by atoms with Gasteiger partial charge in [-0.3, -0.25) is 14.9 Å². The van der Waals surface area contributed by atoms with Crippen molar-refractivity contribution in [3.63, 3.8) is 0 Å². The fourth-order valence-electron chi connectivity index (χ4n) is 3.42. The van der Waals surface area contributed by atoms with Gasteiger partial charge in [0.2, 0.25) is 0 Å². The van der Waals surface area contributed by atoms with Gasteiger partial charge in [0.15, 0.2) is 15.3 Å². The fraction of sp³-hybridized carbons (Fsp3) is 0.0870. The molecular formula is C23H17NO5S2. The van der Waals surface area contributed by atoms with E-state index < -0.39 is 14.8 Å². The summed E-state index contributed by atoms with van der Waals surface area (Å²) in [6, 6.07) is 18.2. The topological polar surface area (TPSA) is 94.3 Å². The van der Waals surface area contributed by atoms with Crippen molar-refractivity contribution >= 4 is 36.9 Å². The lowest BCUT2D eigenvalue weighted by Crippen LogP contribution is -2.07. The third-order valence-electron chi connectivity index (χ3n) is 5.04. The molecule has 4 aromatic rings. The van der Waals surface area contributed by atoms with Crippen molar-refractivity contribution in [1.29, 1.82) is 0 Å². The highest BCUT2D eigenvalue weighted by atomic mass is 32.2. The third-order valence-corrected chi connectivity index (χ3v) is 7.39. The summed E-state index contributed by atoms with van der Waals surface area (Å²) in [7, 11) is -3.36. The first-order chi connectivity index (χ1) is 14.7. The summed E-state index contributed by atoms with van der Waals surface area (Å²) in [5.41, 5.74) is 1.69. The van der Waals surface area contributed by atoms with E-state index in [2.05, 4.69) is 0 Å². The standard InChI is InChI=1S/C23H17NO5S2/c1-14-7-8-16(13-19(14)24(26)27)21-22(25)18-5-3-4-6-20(18)30-23(21)15-9-11-17(12-10-15)31(2,28)29/h3-13H,1-2H3. The van der Waals surface area contributed by atoms with Crippen molar-refractivity contribution in [1.82, 2.24) is 0 Å². The Labute approximate surface area is 182 Å². The van der Waals surface area contributed by atoms with Crippen LogP contribution in [0.15, 0.2) is 76.4 Å². The van der Waals surface area contributed by atoms with Gasteiger partial charge in [-0.1, -0.05) is 36.4 Å². The molecule has 0 fully saturated rings. The smallest absolute Gasteiger partial charge is 0.272 e. The lowest BCUT2D eigenvalue weighted by molar-refractivity contribution is -0.385.